The Morgan fingerprint density at radius 2 is 1.72 bits per heavy atom. The normalized spacial score (nSPS) is 11.0. The second-order valence-corrected chi connectivity index (χ2v) is 7.56. The lowest BCUT2D eigenvalue weighted by molar-refractivity contribution is -0.113. The lowest BCUT2D eigenvalue weighted by Crippen LogP contribution is -2.23. The molecule has 0 aliphatic rings. The van der Waals surface area contributed by atoms with Crippen LogP contribution in [0.2, 0.25) is 0 Å². The number of thioether (sulfide) groups is 1. The maximum atomic E-state index is 14.5. The largest absolute Gasteiger partial charge is 0.325 e. The molecule has 0 bridgehead atoms. The van der Waals surface area contributed by atoms with E-state index in [0.717, 1.165) is 40.6 Å². The molecule has 0 saturated heterocycles. The van der Waals surface area contributed by atoms with Crippen LogP contribution in [0, 0.1) is 23.3 Å². The third-order valence-electron chi connectivity index (χ3n) is 4.43. The van der Waals surface area contributed by atoms with Gasteiger partial charge in [-0.3, -0.25) is 14.2 Å². The maximum absolute atomic E-state index is 14.5. The van der Waals surface area contributed by atoms with Gasteiger partial charge in [0.25, 0.3) is 5.56 Å². The third-order valence-corrected chi connectivity index (χ3v) is 5.37. The molecule has 4 rings (SSSR count). The number of nitrogens with zero attached hydrogens (tertiary/aromatic N) is 2. The molecule has 5 nitrogen and oxygen atoms in total. The number of amides is 1. The van der Waals surface area contributed by atoms with Crippen molar-refractivity contribution in [3.05, 3.63) is 94.3 Å². The van der Waals surface area contributed by atoms with Crippen molar-refractivity contribution >= 4 is 34.3 Å². The first-order valence-electron chi connectivity index (χ1n) is 9.18. The number of rotatable bonds is 5. The minimum Gasteiger partial charge on any atom is -0.325 e. The van der Waals surface area contributed by atoms with Crippen LogP contribution in [0.1, 0.15) is 0 Å². The molecule has 0 fully saturated rings. The number of nitrogens with one attached hydrogen (secondary N) is 1. The summed E-state index contributed by atoms with van der Waals surface area (Å²) in [5, 5.41) is 2.62. The highest BCUT2D eigenvalue weighted by Crippen LogP contribution is 2.24. The summed E-state index contributed by atoms with van der Waals surface area (Å²) >= 11 is 0.830. The average Bonchev–Trinajstić information content (AvgIpc) is 2.76. The molecule has 4 aromatic rings. The molecular weight excluding hydrogens is 446 g/mol. The van der Waals surface area contributed by atoms with E-state index in [1.807, 2.05) is 0 Å². The molecule has 0 atom stereocenters. The fraction of sp³-hybridized carbons (Fsp3) is 0.0455. The van der Waals surface area contributed by atoms with Crippen LogP contribution in [-0.2, 0) is 4.79 Å². The van der Waals surface area contributed by atoms with Gasteiger partial charge in [-0.1, -0.05) is 23.9 Å². The van der Waals surface area contributed by atoms with E-state index < -0.39 is 34.7 Å². The first-order valence-corrected chi connectivity index (χ1v) is 10.2. The lowest BCUT2D eigenvalue weighted by Gasteiger charge is -2.14. The zero-order valence-corrected chi connectivity index (χ0v) is 16.9. The van der Waals surface area contributed by atoms with Gasteiger partial charge in [0.05, 0.1) is 22.3 Å². The summed E-state index contributed by atoms with van der Waals surface area (Å²) in [6.45, 7) is 0. The van der Waals surface area contributed by atoms with E-state index in [9.17, 15) is 27.2 Å². The number of hydrogen-bond donors (Lipinski definition) is 1. The summed E-state index contributed by atoms with van der Waals surface area (Å²) < 4.78 is 55.2. The van der Waals surface area contributed by atoms with Crippen molar-refractivity contribution in [2.24, 2.45) is 0 Å². The van der Waals surface area contributed by atoms with Crippen molar-refractivity contribution in [1.82, 2.24) is 9.55 Å². The van der Waals surface area contributed by atoms with Gasteiger partial charge < -0.3 is 5.32 Å². The Morgan fingerprint density at radius 1 is 0.938 bits per heavy atom. The Morgan fingerprint density at radius 3 is 2.47 bits per heavy atom. The molecule has 3 aromatic carbocycles. The smallest absolute Gasteiger partial charge is 0.266 e. The molecule has 0 unspecified atom stereocenters. The van der Waals surface area contributed by atoms with Crippen LogP contribution < -0.4 is 10.9 Å². The fourth-order valence-corrected chi connectivity index (χ4v) is 3.79. The number of hydrogen-bond acceptors (Lipinski definition) is 4. The second-order valence-electron chi connectivity index (χ2n) is 6.61. The van der Waals surface area contributed by atoms with Gasteiger partial charge in [0.15, 0.2) is 16.8 Å². The standard InChI is InChI=1S/C22H13F4N3O2S/c23-12-5-8-19(17(26)9-12)29-21(31)14-3-1-2-4-18(14)28-22(29)32-11-20(30)27-13-6-7-15(24)16(25)10-13/h1-10H,11H2,(H,27,30). The minimum atomic E-state index is -1.12. The van der Waals surface area contributed by atoms with E-state index in [-0.39, 0.29) is 27.7 Å². The van der Waals surface area contributed by atoms with Crippen molar-refractivity contribution in [3.8, 4) is 5.69 Å². The predicted octanol–water partition coefficient (Wildman–Crippen LogP) is 4.67. The first kappa shape index (κ1) is 21.6. The van der Waals surface area contributed by atoms with Gasteiger partial charge in [0.1, 0.15) is 11.6 Å². The van der Waals surface area contributed by atoms with Gasteiger partial charge in [-0.15, -0.1) is 0 Å². The predicted molar refractivity (Wildman–Crippen MR) is 113 cm³/mol. The third kappa shape index (κ3) is 4.35. The number of fused-ring (bicyclic) bond motifs is 1. The molecule has 0 aliphatic heterocycles. The number of aromatic nitrogens is 2. The highest BCUT2D eigenvalue weighted by atomic mass is 32.2. The van der Waals surface area contributed by atoms with Gasteiger partial charge in [-0.25, -0.2) is 22.5 Å². The SMILES string of the molecule is O=C(CSc1nc2ccccc2c(=O)n1-c1ccc(F)cc1F)Nc1ccc(F)c(F)c1. The molecule has 1 N–H and O–H groups in total. The topological polar surface area (TPSA) is 64.0 Å². The summed E-state index contributed by atoms with van der Waals surface area (Å²) in [6.07, 6.45) is 0. The van der Waals surface area contributed by atoms with E-state index >= 15 is 0 Å². The van der Waals surface area contributed by atoms with Gasteiger partial charge in [-0.05, 0) is 36.4 Å². The highest BCUT2D eigenvalue weighted by molar-refractivity contribution is 7.99. The van der Waals surface area contributed by atoms with E-state index in [4.69, 9.17) is 0 Å². The quantitative estimate of drug-likeness (QED) is 0.268. The van der Waals surface area contributed by atoms with E-state index in [1.54, 1.807) is 18.2 Å². The van der Waals surface area contributed by atoms with Crippen molar-refractivity contribution < 1.29 is 22.4 Å². The zero-order valence-electron chi connectivity index (χ0n) is 16.1. The molecule has 0 aliphatic carbocycles. The Hall–Kier alpha value is -3.66. The number of halogens is 4. The van der Waals surface area contributed by atoms with Crippen molar-refractivity contribution in [2.45, 2.75) is 5.16 Å². The summed E-state index contributed by atoms with van der Waals surface area (Å²) in [5.74, 6) is -4.82. The van der Waals surface area contributed by atoms with Gasteiger partial charge in [0, 0.05) is 17.8 Å². The van der Waals surface area contributed by atoms with Crippen molar-refractivity contribution in [2.75, 3.05) is 11.1 Å². The maximum Gasteiger partial charge on any atom is 0.266 e. The first-order chi connectivity index (χ1) is 15.3. The van der Waals surface area contributed by atoms with Gasteiger partial charge in [0.2, 0.25) is 5.91 Å². The van der Waals surface area contributed by atoms with Crippen LogP contribution in [0.5, 0.6) is 0 Å². The minimum absolute atomic E-state index is 0.000329. The summed E-state index contributed by atoms with van der Waals surface area (Å²) in [7, 11) is 0. The molecule has 0 radical (unpaired) electrons. The summed E-state index contributed by atoms with van der Waals surface area (Å²) in [4.78, 5) is 29.7. The van der Waals surface area contributed by atoms with Crippen LogP contribution in [-0.4, -0.2) is 21.2 Å². The molecular formula is C22H13F4N3O2S. The fourth-order valence-electron chi connectivity index (χ4n) is 2.99. The van der Waals surface area contributed by atoms with Crippen LogP contribution in [0.4, 0.5) is 23.2 Å². The molecule has 1 aromatic heterocycles. The molecule has 1 amide bonds. The van der Waals surface area contributed by atoms with E-state index in [2.05, 4.69) is 10.3 Å². The molecule has 0 saturated carbocycles. The second kappa shape index (κ2) is 8.83. The van der Waals surface area contributed by atoms with Gasteiger partial charge in [-0.2, -0.15) is 0 Å². The zero-order chi connectivity index (χ0) is 22.8. The van der Waals surface area contributed by atoms with Crippen LogP contribution in [0.25, 0.3) is 16.6 Å². The molecule has 10 heteroatoms. The van der Waals surface area contributed by atoms with Crippen molar-refractivity contribution in [3.63, 3.8) is 0 Å². The number of carbonyl (C=O) groups is 1. The summed E-state index contributed by atoms with van der Waals surface area (Å²) in [6, 6.07) is 12.0. The monoisotopic (exact) mass is 459 g/mol. The molecule has 162 valence electrons. The van der Waals surface area contributed by atoms with Crippen LogP contribution in [0.15, 0.2) is 70.6 Å². The lowest BCUT2D eigenvalue weighted by atomic mass is 10.2. The van der Waals surface area contributed by atoms with Crippen LogP contribution >= 0.6 is 11.8 Å². The Kier molecular flexibility index (Phi) is 5.95. The van der Waals surface area contributed by atoms with E-state index in [0.29, 0.717) is 11.6 Å². The Labute approximate surface area is 182 Å². The molecule has 0 spiro atoms. The molecule has 32 heavy (non-hydrogen) atoms. The number of carbonyl (C=O) groups excluding carboxylic acids is 1. The van der Waals surface area contributed by atoms with Crippen molar-refractivity contribution in [1.29, 1.82) is 0 Å². The molecule has 1 heterocycles. The highest BCUT2D eigenvalue weighted by Gasteiger charge is 2.18. The van der Waals surface area contributed by atoms with E-state index in [1.165, 1.54) is 12.1 Å². The number of benzene rings is 3. The van der Waals surface area contributed by atoms with Gasteiger partial charge >= 0.3 is 0 Å². The summed E-state index contributed by atoms with van der Waals surface area (Å²) in [5.41, 5.74) is -0.439. The van der Waals surface area contributed by atoms with Crippen LogP contribution in [0.3, 0.4) is 0 Å². The Balaban J connectivity index is 1.68. The average molecular weight is 459 g/mol. The number of para-hydroxylation sites is 1. The Bertz CT molecular complexity index is 1410. The number of anilines is 1.